The lowest BCUT2D eigenvalue weighted by Crippen LogP contribution is -2.20. The van der Waals surface area contributed by atoms with Crippen LogP contribution in [0.25, 0.3) is 0 Å². The van der Waals surface area contributed by atoms with E-state index in [4.69, 9.17) is 11.5 Å². The zero-order valence-corrected chi connectivity index (χ0v) is 12.3. The van der Waals surface area contributed by atoms with Crippen LogP contribution in [0.2, 0.25) is 0 Å². The van der Waals surface area contributed by atoms with E-state index in [9.17, 15) is 9.59 Å². The number of primary amides is 1. The van der Waals surface area contributed by atoms with Crippen molar-refractivity contribution in [3.63, 3.8) is 0 Å². The fraction of sp³-hybridized carbons (Fsp3) is 0.571. The van der Waals surface area contributed by atoms with Crippen molar-refractivity contribution in [3.05, 3.63) is 10.4 Å². The molecule has 108 valence electrons. The molecular formula is C14H19N3O2S. The summed E-state index contributed by atoms with van der Waals surface area (Å²) in [6, 6.07) is 0.273. The summed E-state index contributed by atoms with van der Waals surface area (Å²) in [4.78, 5) is 24.3. The number of carbonyl (C=O) groups excluding carboxylic acids is 2. The first kappa shape index (κ1) is 13.4. The molecule has 20 heavy (non-hydrogen) atoms. The molecule has 1 atom stereocenters. The Morgan fingerprint density at radius 2 is 1.95 bits per heavy atom. The first-order valence-electron chi connectivity index (χ1n) is 7.01. The number of rotatable bonds is 6. The molecule has 0 aliphatic heterocycles. The molecule has 0 bridgehead atoms. The molecule has 1 amide bonds. The minimum Gasteiger partial charge on any atom is -0.397 e. The van der Waals surface area contributed by atoms with Crippen molar-refractivity contribution in [2.45, 2.75) is 38.6 Å². The lowest BCUT2D eigenvalue weighted by molar-refractivity contribution is 0.0972. The summed E-state index contributed by atoms with van der Waals surface area (Å²) in [5.74, 6) is 0.216. The molecular weight excluding hydrogens is 274 g/mol. The van der Waals surface area contributed by atoms with Gasteiger partial charge in [-0.05, 0) is 38.5 Å². The van der Waals surface area contributed by atoms with Crippen LogP contribution in [0.4, 0.5) is 10.7 Å². The molecule has 0 aromatic carbocycles. The summed E-state index contributed by atoms with van der Waals surface area (Å²) < 4.78 is 0. The van der Waals surface area contributed by atoms with E-state index in [1.165, 1.54) is 24.2 Å². The van der Waals surface area contributed by atoms with E-state index in [1.807, 2.05) is 0 Å². The van der Waals surface area contributed by atoms with Crippen molar-refractivity contribution in [2.75, 3.05) is 11.1 Å². The third kappa shape index (κ3) is 2.40. The average Bonchev–Trinajstić information content (AvgIpc) is 3.27. The number of hydrogen-bond acceptors (Lipinski definition) is 5. The molecule has 3 rings (SSSR count). The Morgan fingerprint density at radius 3 is 2.45 bits per heavy atom. The van der Waals surface area contributed by atoms with Gasteiger partial charge in [-0.1, -0.05) is 0 Å². The highest BCUT2D eigenvalue weighted by atomic mass is 32.1. The molecule has 1 aromatic heterocycles. The van der Waals surface area contributed by atoms with Crippen LogP contribution in [0.1, 0.15) is 52.6 Å². The Bertz CT molecular complexity index is 573. The smallest absolute Gasteiger partial charge is 0.253 e. The number of carbonyl (C=O) groups is 2. The molecule has 6 heteroatoms. The number of nitrogens with two attached hydrogens (primary N) is 2. The van der Waals surface area contributed by atoms with Crippen molar-refractivity contribution < 1.29 is 9.59 Å². The van der Waals surface area contributed by atoms with Crippen LogP contribution in [0.15, 0.2) is 0 Å². The second-order valence-electron chi connectivity index (χ2n) is 5.82. The van der Waals surface area contributed by atoms with Gasteiger partial charge in [-0.2, -0.15) is 0 Å². The SMILES string of the molecule is CC(Nc1sc(C(=O)C2CC2)c(N)c1C(N)=O)C1CC1. The molecule has 2 aliphatic rings. The Balaban J connectivity index is 1.92. The topological polar surface area (TPSA) is 98.2 Å². The van der Waals surface area contributed by atoms with Gasteiger partial charge < -0.3 is 16.8 Å². The molecule has 0 radical (unpaired) electrons. The third-order valence-electron chi connectivity index (χ3n) is 4.05. The average molecular weight is 293 g/mol. The van der Waals surface area contributed by atoms with Gasteiger partial charge in [0.25, 0.3) is 5.91 Å². The fourth-order valence-electron chi connectivity index (χ4n) is 2.42. The summed E-state index contributed by atoms with van der Waals surface area (Å²) in [5, 5.41) is 3.97. The quantitative estimate of drug-likeness (QED) is 0.700. The van der Waals surface area contributed by atoms with Gasteiger partial charge >= 0.3 is 0 Å². The van der Waals surface area contributed by atoms with Crippen molar-refractivity contribution in [1.82, 2.24) is 0 Å². The van der Waals surface area contributed by atoms with E-state index in [2.05, 4.69) is 12.2 Å². The van der Waals surface area contributed by atoms with E-state index in [-0.39, 0.29) is 29.0 Å². The first-order valence-corrected chi connectivity index (χ1v) is 7.83. The van der Waals surface area contributed by atoms with Gasteiger partial charge in [0.15, 0.2) is 5.78 Å². The van der Waals surface area contributed by atoms with Gasteiger partial charge in [0, 0.05) is 12.0 Å². The molecule has 2 fully saturated rings. The Labute approximate surface area is 121 Å². The van der Waals surface area contributed by atoms with Crippen molar-refractivity contribution in [3.8, 4) is 0 Å². The molecule has 1 unspecified atom stereocenters. The Kier molecular flexibility index (Phi) is 3.20. The number of nitrogens with one attached hydrogen (secondary N) is 1. The first-order chi connectivity index (χ1) is 9.49. The predicted molar refractivity (Wildman–Crippen MR) is 80.1 cm³/mol. The van der Waals surface area contributed by atoms with Crippen LogP contribution in [-0.4, -0.2) is 17.7 Å². The van der Waals surface area contributed by atoms with Crippen molar-refractivity contribution in [2.24, 2.45) is 17.6 Å². The molecule has 5 nitrogen and oxygen atoms in total. The van der Waals surface area contributed by atoms with E-state index >= 15 is 0 Å². The number of anilines is 2. The summed E-state index contributed by atoms with van der Waals surface area (Å²) in [5.41, 5.74) is 12.0. The largest absolute Gasteiger partial charge is 0.397 e. The van der Waals surface area contributed by atoms with E-state index < -0.39 is 5.91 Å². The minimum atomic E-state index is -0.570. The molecule has 0 spiro atoms. The van der Waals surface area contributed by atoms with Crippen LogP contribution in [0.5, 0.6) is 0 Å². The number of ketones is 1. The number of hydrogen-bond donors (Lipinski definition) is 3. The van der Waals surface area contributed by atoms with Crippen molar-refractivity contribution in [1.29, 1.82) is 0 Å². The predicted octanol–water partition coefficient (Wildman–Crippen LogP) is 2.23. The molecule has 1 heterocycles. The van der Waals surface area contributed by atoms with Crippen LogP contribution in [0.3, 0.4) is 0 Å². The third-order valence-corrected chi connectivity index (χ3v) is 5.20. The zero-order valence-electron chi connectivity index (χ0n) is 11.4. The normalized spacial score (nSPS) is 19.6. The second kappa shape index (κ2) is 4.77. The fourth-order valence-corrected chi connectivity index (χ4v) is 3.67. The van der Waals surface area contributed by atoms with Crippen LogP contribution >= 0.6 is 11.3 Å². The standard InChI is InChI=1S/C14H19N3O2S/c1-6(7-2-3-7)17-14-9(13(16)19)10(15)12(20-14)11(18)8-4-5-8/h6-8,17H,2-5,15H2,1H3,(H2,16,19). The van der Waals surface area contributed by atoms with E-state index in [0.29, 0.717) is 15.8 Å². The lowest BCUT2D eigenvalue weighted by atomic mass is 10.1. The van der Waals surface area contributed by atoms with Gasteiger partial charge in [-0.15, -0.1) is 11.3 Å². The number of nitrogen functional groups attached to an aromatic ring is 1. The highest BCUT2D eigenvalue weighted by molar-refractivity contribution is 7.19. The highest BCUT2D eigenvalue weighted by Crippen LogP contribution is 2.43. The highest BCUT2D eigenvalue weighted by Gasteiger charge is 2.36. The maximum Gasteiger partial charge on any atom is 0.253 e. The van der Waals surface area contributed by atoms with Crippen LogP contribution in [-0.2, 0) is 0 Å². The van der Waals surface area contributed by atoms with Gasteiger partial charge in [0.2, 0.25) is 0 Å². The van der Waals surface area contributed by atoms with Crippen LogP contribution < -0.4 is 16.8 Å². The maximum atomic E-state index is 12.2. The lowest BCUT2D eigenvalue weighted by Gasteiger charge is -2.13. The molecule has 1 aromatic rings. The summed E-state index contributed by atoms with van der Waals surface area (Å²) in [6.45, 7) is 2.08. The summed E-state index contributed by atoms with van der Waals surface area (Å²) in [7, 11) is 0. The van der Waals surface area contributed by atoms with Crippen molar-refractivity contribution >= 4 is 33.7 Å². The number of thiophene rings is 1. The Morgan fingerprint density at radius 1 is 1.30 bits per heavy atom. The zero-order chi connectivity index (χ0) is 14.4. The second-order valence-corrected chi connectivity index (χ2v) is 6.84. The molecule has 2 aliphatic carbocycles. The van der Waals surface area contributed by atoms with Gasteiger partial charge in [0.05, 0.1) is 16.1 Å². The molecule has 0 saturated heterocycles. The minimum absolute atomic E-state index is 0.0575. The van der Waals surface area contributed by atoms with Gasteiger partial charge in [-0.25, -0.2) is 0 Å². The monoisotopic (exact) mass is 293 g/mol. The Hall–Kier alpha value is -1.56. The summed E-state index contributed by atoms with van der Waals surface area (Å²) in [6.07, 6.45) is 4.25. The number of Topliss-reactive ketones (excluding diaryl/α,β-unsaturated/α-hetero) is 1. The molecule has 2 saturated carbocycles. The summed E-state index contributed by atoms with van der Waals surface area (Å²) >= 11 is 1.28. The maximum absolute atomic E-state index is 12.2. The number of amides is 1. The van der Waals surface area contributed by atoms with Crippen LogP contribution in [0, 0.1) is 11.8 Å². The van der Waals surface area contributed by atoms with E-state index in [1.54, 1.807) is 0 Å². The van der Waals surface area contributed by atoms with Gasteiger partial charge in [-0.3, -0.25) is 9.59 Å². The van der Waals surface area contributed by atoms with Gasteiger partial charge in [0.1, 0.15) is 5.00 Å². The van der Waals surface area contributed by atoms with E-state index in [0.717, 1.165) is 12.8 Å². The molecule has 5 N–H and O–H groups in total.